The number of halogens is 1. The van der Waals surface area contributed by atoms with Crippen LogP contribution in [0.25, 0.3) is 11.8 Å². The topological polar surface area (TPSA) is 61.5 Å². The van der Waals surface area contributed by atoms with Crippen molar-refractivity contribution in [3.05, 3.63) is 69.0 Å². The summed E-state index contributed by atoms with van der Waals surface area (Å²) in [6.45, 7) is 6.00. The fraction of sp³-hybridized carbons (Fsp3) is 0.150. The Balaban J connectivity index is 1.82. The molecule has 0 atom stereocenters. The van der Waals surface area contributed by atoms with Crippen LogP contribution < -0.4 is 0 Å². The Kier molecular flexibility index (Phi) is 4.32. The van der Waals surface area contributed by atoms with Crippen LogP contribution in [0.4, 0.5) is 0 Å². The summed E-state index contributed by atoms with van der Waals surface area (Å²) in [5.41, 5.74) is 5.18. The lowest BCUT2D eigenvalue weighted by molar-refractivity contribution is -0.114. The monoisotopic (exact) mass is 396 g/mol. The lowest BCUT2D eigenvalue weighted by Crippen LogP contribution is -2.35. The second-order valence-corrected chi connectivity index (χ2v) is 7.71. The van der Waals surface area contributed by atoms with E-state index >= 15 is 0 Å². The molecule has 0 bridgehead atoms. The van der Waals surface area contributed by atoms with E-state index in [9.17, 15) is 4.79 Å². The van der Waals surface area contributed by atoms with Gasteiger partial charge in [-0.25, -0.2) is 0 Å². The largest absolute Gasteiger partial charge is 0.318 e. The Labute approximate surface area is 166 Å². The van der Waals surface area contributed by atoms with Gasteiger partial charge in [0.2, 0.25) is 0 Å². The van der Waals surface area contributed by atoms with Gasteiger partial charge in [-0.3, -0.25) is 15.1 Å². The Bertz CT molecular complexity index is 1090. The number of hydrogen-bond donors (Lipinski definition) is 1. The molecule has 3 heterocycles. The number of amides is 1. The number of carbonyl (C=O) groups excluding carboxylic acids is 1. The molecule has 2 aromatic rings. The quantitative estimate of drug-likeness (QED) is 0.739. The second-order valence-electron chi connectivity index (χ2n) is 6.42. The van der Waals surface area contributed by atoms with Crippen molar-refractivity contribution < 1.29 is 4.79 Å². The second kappa shape index (κ2) is 6.55. The minimum atomic E-state index is -0.383. The van der Waals surface area contributed by atoms with Gasteiger partial charge in [0.1, 0.15) is 5.84 Å². The first-order valence-corrected chi connectivity index (χ1v) is 9.65. The van der Waals surface area contributed by atoms with Crippen LogP contribution in [0.3, 0.4) is 0 Å². The number of fused-ring (bicyclic) bond motifs is 1. The number of benzene rings is 1. The van der Waals surface area contributed by atoms with E-state index in [-0.39, 0.29) is 17.3 Å². The first kappa shape index (κ1) is 17.8. The number of aryl methyl sites for hydroxylation is 1. The van der Waals surface area contributed by atoms with Gasteiger partial charge >= 0.3 is 0 Å². The fourth-order valence-electron chi connectivity index (χ4n) is 3.33. The predicted octanol–water partition coefficient (Wildman–Crippen LogP) is 4.83. The number of aromatic nitrogens is 1. The number of carbonyl (C=O) groups is 1. The van der Waals surface area contributed by atoms with Gasteiger partial charge in [0.05, 0.1) is 5.57 Å². The van der Waals surface area contributed by atoms with Gasteiger partial charge in [0.25, 0.3) is 5.91 Å². The molecular formula is C20H17ClN4OS. The number of aliphatic imine (C=N–C) groups is 1. The summed E-state index contributed by atoms with van der Waals surface area (Å²) in [4.78, 5) is 18.1. The van der Waals surface area contributed by atoms with Crippen LogP contribution in [0.2, 0.25) is 5.02 Å². The molecule has 2 aliphatic rings. The van der Waals surface area contributed by atoms with Crippen molar-refractivity contribution in [3.63, 3.8) is 0 Å². The Morgan fingerprint density at radius 3 is 2.81 bits per heavy atom. The zero-order valence-electron chi connectivity index (χ0n) is 15.1. The van der Waals surface area contributed by atoms with E-state index in [1.165, 1.54) is 11.8 Å². The average Bonchev–Trinajstić information content (AvgIpc) is 3.19. The molecular weight excluding hydrogens is 380 g/mol. The molecule has 136 valence electrons. The molecule has 1 aromatic carbocycles. The first-order valence-electron chi connectivity index (χ1n) is 8.39. The molecule has 0 unspecified atom stereocenters. The minimum absolute atomic E-state index is 0.148. The van der Waals surface area contributed by atoms with Gasteiger partial charge in [-0.1, -0.05) is 29.4 Å². The summed E-state index contributed by atoms with van der Waals surface area (Å²) >= 11 is 7.64. The number of rotatable bonds is 2. The number of nitrogens with zero attached hydrogens (tertiary/aromatic N) is 3. The summed E-state index contributed by atoms with van der Waals surface area (Å²) in [6.07, 6.45) is 3.51. The normalized spacial score (nSPS) is 17.7. The lowest BCUT2D eigenvalue weighted by atomic mass is 10.1. The third-order valence-corrected chi connectivity index (χ3v) is 5.93. The molecule has 0 spiro atoms. The Hall–Kier alpha value is -2.57. The molecule has 2 aliphatic heterocycles. The van der Waals surface area contributed by atoms with Crippen molar-refractivity contribution in [1.29, 1.82) is 5.41 Å². The molecule has 0 aliphatic carbocycles. The van der Waals surface area contributed by atoms with Crippen molar-refractivity contribution in [2.75, 3.05) is 0 Å². The molecule has 7 heteroatoms. The van der Waals surface area contributed by atoms with E-state index < -0.39 is 0 Å². The highest BCUT2D eigenvalue weighted by atomic mass is 35.5. The van der Waals surface area contributed by atoms with E-state index in [1.54, 1.807) is 17.2 Å². The number of thioether (sulfide) groups is 1. The highest BCUT2D eigenvalue weighted by Gasteiger charge is 2.31. The summed E-state index contributed by atoms with van der Waals surface area (Å²) in [5, 5.41) is 11.4. The smallest absolute Gasteiger partial charge is 0.283 e. The van der Waals surface area contributed by atoms with E-state index in [4.69, 9.17) is 17.0 Å². The van der Waals surface area contributed by atoms with E-state index in [0.29, 0.717) is 10.2 Å². The van der Waals surface area contributed by atoms with Crippen molar-refractivity contribution in [3.8, 4) is 5.69 Å². The highest BCUT2D eigenvalue weighted by Crippen LogP contribution is 2.30. The van der Waals surface area contributed by atoms with Gasteiger partial charge in [-0.05, 0) is 61.6 Å². The standard InChI is InChI=1S/C20H17ClN4OS/c1-11-9-14(13(3)25(11)17-6-4-5-16(21)12(17)2)10-15-18(22)24-7-8-27-20(24)23-19(15)26/h4-10,22H,1-3H3/b15-10-,22-18?. The molecule has 0 saturated heterocycles. The van der Waals surface area contributed by atoms with Crippen LogP contribution in [0.15, 0.2) is 46.4 Å². The predicted molar refractivity (Wildman–Crippen MR) is 112 cm³/mol. The van der Waals surface area contributed by atoms with Gasteiger partial charge < -0.3 is 4.57 Å². The fourth-order valence-corrected chi connectivity index (χ4v) is 4.20. The van der Waals surface area contributed by atoms with Crippen LogP contribution in [-0.2, 0) is 4.79 Å². The van der Waals surface area contributed by atoms with Crippen LogP contribution in [-0.4, -0.2) is 26.4 Å². The van der Waals surface area contributed by atoms with Gasteiger partial charge in [-0.15, -0.1) is 0 Å². The lowest BCUT2D eigenvalue weighted by Gasteiger charge is -2.22. The van der Waals surface area contributed by atoms with Crippen LogP contribution in [0, 0.1) is 26.2 Å². The van der Waals surface area contributed by atoms with Crippen molar-refractivity contribution in [2.24, 2.45) is 4.99 Å². The Morgan fingerprint density at radius 1 is 1.26 bits per heavy atom. The molecule has 1 N–H and O–H groups in total. The Morgan fingerprint density at radius 2 is 2.04 bits per heavy atom. The maximum Gasteiger partial charge on any atom is 0.283 e. The maximum absolute atomic E-state index is 12.4. The molecule has 0 saturated carbocycles. The van der Waals surface area contributed by atoms with Crippen LogP contribution in [0.1, 0.15) is 22.5 Å². The summed E-state index contributed by atoms with van der Waals surface area (Å²) in [6, 6.07) is 7.83. The maximum atomic E-state index is 12.4. The van der Waals surface area contributed by atoms with Gasteiger partial charge in [0.15, 0.2) is 5.17 Å². The first-order chi connectivity index (χ1) is 12.9. The van der Waals surface area contributed by atoms with Crippen molar-refractivity contribution in [1.82, 2.24) is 9.47 Å². The van der Waals surface area contributed by atoms with Crippen LogP contribution in [0.5, 0.6) is 0 Å². The third-order valence-electron chi connectivity index (χ3n) is 4.76. The van der Waals surface area contributed by atoms with E-state index in [0.717, 1.165) is 28.2 Å². The summed E-state index contributed by atoms with van der Waals surface area (Å²) < 4.78 is 2.12. The molecule has 4 rings (SSSR count). The highest BCUT2D eigenvalue weighted by molar-refractivity contribution is 8.16. The molecule has 27 heavy (non-hydrogen) atoms. The molecule has 1 amide bonds. The number of nitrogens with one attached hydrogen (secondary N) is 1. The number of hydrogen-bond acceptors (Lipinski definition) is 3. The zero-order valence-corrected chi connectivity index (χ0v) is 16.6. The van der Waals surface area contributed by atoms with E-state index in [1.807, 2.05) is 50.4 Å². The SMILES string of the molecule is Cc1c(Cl)cccc1-n1c(C)cc(/C=C2/C(=N)N3C=CSC3=NC2=O)c1C. The van der Waals surface area contributed by atoms with E-state index in [2.05, 4.69) is 9.56 Å². The van der Waals surface area contributed by atoms with Crippen molar-refractivity contribution >= 4 is 46.3 Å². The summed E-state index contributed by atoms with van der Waals surface area (Å²) in [5.74, 6) is -0.235. The molecule has 0 radical (unpaired) electrons. The minimum Gasteiger partial charge on any atom is -0.318 e. The zero-order chi connectivity index (χ0) is 19.3. The average molecular weight is 397 g/mol. The molecule has 5 nitrogen and oxygen atoms in total. The van der Waals surface area contributed by atoms with Gasteiger partial charge in [-0.2, -0.15) is 4.99 Å². The van der Waals surface area contributed by atoms with Crippen LogP contribution >= 0.6 is 23.4 Å². The van der Waals surface area contributed by atoms with Crippen molar-refractivity contribution in [2.45, 2.75) is 20.8 Å². The van der Waals surface area contributed by atoms with Gasteiger partial charge in [0, 0.05) is 28.3 Å². The molecule has 1 aromatic heterocycles. The molecule has 0 fully saturated rings. The number of amidine groups is 2. The summed E-state index contributed by atoms with van der Waals surface area (Å²) in [7, 11) is 0. The third kappa shape index (κ3) is 2.85.